The third kappa shape index (κ3) is 3.93. The van der Waals surface area contributed by atoms with Crippen molar-refractivity contribution in [2.45, 2.75) is 19.8 Å². The van der Waals surface area contributed by atoms with Gasteiger partial charge in [0.05, 0.1) is 5.56 Å². The van der Waals surface area contributed by atoms with Crippen molar-refractivity contribution >= 4 is 17.7 Å². The lowest BCUT2D eigenvalue weighted by Gasteiger charge is -2.31. The summed E-state index contributed by atoms with van der Waals surface area (Å²) < 4.78 is 0. The molecule has 0 radical (unpaired) electrons. The van der Waals surface area contributed by atoms with Gasteiger partial charge in [-0.05, 0) is 30.9 Å². The van der Waals surface area contributed by atoms with E-state index in [0.717, 1.165) is 37.7 Å². The number of aromatic nitrogens is 1. The van der Waals surface area contributed by atoms with Crippen LogP contribution in [0.15, 0.2) is 18.3 Å². The van der Waals surface area contributed by atoms with E-state index < -0.39 is 5.97 Å². The van der Waals surface area contributed by atoms with Crippen LogP contribution < -0.4 is 4.90 Å². The highest BCUT2D eigenvalue weighted by molar-refractivity contribution is 5.95. The molecule has 1 aliphatic rings. The fraction of sp³-hybridized carbons (Fsp3) is 0.533. The standard InChI is InChI=1S/C15H21N3O3/c1-11-5-7-18(8-6-11)13-4-3-12(9-16-13)15(21)17(2)10-14(19)20/h3-4,9,11H,5-8,10H2,1-2H3,(H,19,20). The molecule has 21 heavy (non-hydrogen) atoms. The van der Waals surface area contributed by atoms with Crippen LogP contribution >= 0.6 is 0 Å². The molecule has 6 heteroatoms. The number of rotatable bonds is 4. The Bertz CT molecular complexity index is 507. The number of nitrogens with zero attached hydrogens (tertiary/aromatic N) is 3. The van der Waals surface area contributed by atoms with Gasteiger partial charge in [-0.1, -0.05) is 6.92 Å². The lowest BCUT2D eigenvalue weighted by atomic mass is 9.99. The molecule has 6 nitrogen and oxygen atoms in total. The van der Waals surface area contributed by atoms with Crippen LogP contribution in [0.4, 0.5) is 5.82 Å². The molecule has 2 rings (SSSR count). The van der Waals surface area contributed by atoms with Crippen molar-refractivity contribution in [2.24, 2.45) is 5.92 Å². The van der Waals surface area contributed by atoms with Gasteiger partial charge in [0.15, 0.2) is 0 Å². The number of pyridine rings is 1. The number of aliphatic carboxylic acids is 1. The van der Waals surface area contributed by atoms with Crippen LogP contribution in [0.25, 0.3) is 0 Å². The molecule has 0 aliphatic carbocycles. The molecule has 0 unspecified atom stereocenters. The summed E-state index contributed by atoms with van der Waals surface area (Å²) in [5, 5.41) is 8.70. The van der Waals surface area contributed by atoms with E-state index in [-0.39, 0.29) is 12.5 Å². The van der Waals surface area contributed by atoms with Gasteiger partial charge in [0.1, 0.15) is 12.4 Å². The van der Waals surface area contributed by atoms with Crippen molar-refractivity contribution in [1.29, 1.82) is 0 Å². The van der Waals surface area contributed by atoms with E-state index in [4.69, 9.17) is 5.11 Å². The van der Waals surface area contributed by atoms with E-state index in [9.17, 15) is 9.59 Å². The van der Waals surface area contributed by atoms with Crippen molar-refractivity contribution < 1.29 is 14.7 Å². The Balaban J connectivity index is 2.01. The molecule has 0 spiro atoms. The average molecular weight is 291 g/mol. The van der Waals surface area contributed by atoms with E-state index in [1.54, 1.807) is 6.07 Å². The van der Waals surface area contributed by atoms with Crippen LogP contribution in [0.1, 0.15) is 30.1 Å². The molecule has 2 heterocycles. The molecule has 1 aromatic heterocycles. The summed E-state index contributed by atoms with van der Waals surface area (Å²) in [6.45, 7) is 3.91. The fourth-order valence-electron chi connectivity index (χ4n) is 2.43. The lowest BCUT2D eigenvalue weighted by molar-refractivity contribution is -0.137. The van der Waals surface area contributed by atoms with Crippen molar-refractivity contribution in [1.82, 2.24) is 9.88 Å². The Morgan fingerprint density at radius 2 is 2.05 bits per heavy atom. The minimum atomic E-state index is -1.03. The van der Waals surface area contributed by atoms with E-state index in [1.807, 2.05) is 6.07 Å². The maximum Gasteiger partial charge on any atom is 0.323 e. The minimum absolute atomic E-state index is 0.315. The zero-order chi connectivity index (χ0) is 15.4. The summed E-state index contributed by atoms with van der Waals surface area (Å²) in [4.78, 5) is 30.4. The van der Waals surface area contributed by atoms with Crippen molar-refractivity contribution in [3.8, 4) is 0 Å². The number of likely N-dealkylation sites (N-methyl/N-ethyl adjacent to an activating group) is 1. The van der Waals surface area contributed by atoms with E-state index in [1.165, 1.54) is 18.1 Å². The first kappa shape index (κ1) is 15.3. The summed E-state index contributed by atoms with van der Waals surface area (Å²) in [6, 6.07) is 3.54. The smallest absolute Gasteiger partial charge is 0.323 e. The van der Waals surface area contributed by atoms with Gasteiger partial charge in [0, 0.05) is 26.3 Å². The van der Waals surface area contributed by atoms with Gasteiger partial charge in [0.2, 0.25) is 0 Å². The van der Waals surface area contributed by atoms with Crippen LogP contribution in [-0.2, 0) is 4.79 Å². The van der Waals surface area contributed by atoms with Gasteiger partial charge in [-0.15, -0.1) is 0 Å². The zero-order valence-electron chi connectivity index (χ0n) is 12.5. The summed E-state index contributed by atoms with van der Waals surface area (Å²) in [5.41, 5.74) is 0.410. The Morgan fingerprint density at radius 3 is 2.57 bits per heavy atom. The van der Waals surface area contributed by atoms with Gasteiger partial charge < -0.3 is 14.9 Å². The second-order valence-electron chi connectivity index (χ2n) is 5.63. The van der Waals surface area contributed by atoms with E-state index in [0.29, 0.717) is 5.56 Å². The van der Waals surface area contributed by atoms with E-state index in [2.05, 4.69) is 16.8 Å². The molecule has 1 N–H and O–H groups in total. The third-order valence-electron chi connectivity index (χ3n) is 3.82. The molecule has 1 aliphatic heterocycles. The van der Waals surface area contributed by atoms with Crippen LogP contribution in [0.3, 0.4) is 0 Å². The van der Waals surface area contributed by atoms with Crippen LogP contribution in [0.2, 0.25) is 0 Å². The molecule has 1 fully saturated rings. The largest absolute Gasteiger partial charge is 0.480 e. The molecular formula is C15H21N3O3. The number of carboxylic acids is 1. The molecule has 1 amide bonds. The Kier molecular flexibility index (Phi) is 4.77. The first-order valence-corrected chi connectivity index (χ1v) is 7.15. The number of hydrogen-bond donors (Lipinski definition) is 1. The second kappa shape index (κ2) is 6.56. The predicted octanol–water partition coefficient (Wildman–Crippen LogP) is 1.47. The molecule has 1 saturated heterocycles. The van der Waals surface area contributed by atoms with Crippen molar-refractivity contribution in [3.05, 3.63) is 23.9 Å². The Morgan fingerprint density at radius 1 is 1.38 bits per heavy atom. The number of amides is 1. The molecule has 0 bridgehead atoms. The molecule has 114 valence electrons. The molecule has 0 saturated carbocycles. The Labute approximate surface area is 124 Å². The highest BCUT2D eigenvalue weighted by Gasteiger charge is 2.18. The van der Waals surface area contributed by atoms with Crippen LogP contribution in [0.5, 0.6) is 0 Å². The topological polar surface area (TPSA) is 73.7 Å². The van der Waals surface area contributed by atoms with Gasteiger partial charge in [-0.3, -0.25) is 9.59 Å². The first-order valence-electron chi connectivity index (χ1n) is 7.15. The zero-order valence-corrected chi connectivity index (χ0v) is 12.5. The van der Waals surface area contributed by atoms with Crippen molar-refractivity contribution in [2.75, 3.05) is 31.6 Å². The van der Waals surface area contributed by atoms with Crippen LogP contribution in [-0.4, -0.2) is 53.5 Å². The summed E-state index contributed by atoms with van der Waals surface area (Å²) in [6.07, 6.45) is 3.83. The SMILES string of the molecule is CC1CCN(c2ccc(C(=O)N(C)CC(=O)O)cn2)CC1. The monoisotopic (exact) mass is 291 g/mol. The highest BCUT2D eigenvalue weighted by Crippen LogP contribution is 2.21. The van der Waals surface area contributed by atoms with Gasteiger partial charge in [0.25, 0.3) is 5.91 Å². The van der Waals surface area contributed by atoms with E-state index >= 15 is 0 Å². The lowest BCUT2D eigenvalue weighted by Crippen LogP contribution is -2.34. The summed E-state index contributed by atoms with van der Waals surface area (Å²) >= 11 is 0. The normalized spacial score (nSPS) is 15.8. The molecule has 1 aromatic rings. The molecule has 0 atom stereocenters. The fourth-order valence-corrected chi connectivity index (χ4v) is 2.43. The highest BCUT2D eigenvalue weighted by atomic mass is 16.4. The quantitative estimate of drug-likeness (QED) is 0.909. The number of hydrogen-bond acceptors (Lipinski definition) is 4. The number of carbonyl (C=O) groups excluding carboxylic acids is 1. The second-order valence-corrected chi connectivity index (χ2v) is 5.63. The number of anilines is 1. The molecular weight excluding hydrogens is 270 g/mol. The summed E-state index contributed by atoms with van der Waals surface area (Å²) in [5.74, 6) is 0.271. The molecule has 0 aromatic carbocycles. The van der Waals surface area contributed by atoms with Gasteiger partial charge in [-0.2, -0.15) is 0 Å². The predicted molar refractivity (Wildman–Crippen MR) is 79.4 cm³/mol. The number of piperidine rings is 1. The Hall–Kier alpha value is -2.11. The van der Waals surface area contributed by atoms with Crippen LogP contribution in [0, 0.1) is 5.92 Å². The van der Waals surface area contributed by atoms with Gasteiger partial charge >= 0.3 is 5.97 Å². The van der Waals surface area contributed by atoms with Gasteiger partial charge in [-0.25, -0.2) is 4.98 Å². The third-order valence-corrected chi connectivity index (χ3v) is 3.82. The maximum absolute atomic E-state index is 12.0. The van der Waals surface area contributed by atoms with Crippen molar-refractivity contribution in [3.63, 3.8) is 0 Å². The number of carboxylic acid groups (broad SMARTS) is 1. The minimum Gasteiger partial charge on any atom is -0.480 e. The first-order chi connectivity index (χ1) is 9.97. The maximum atomic E-state index is 12.0. The average Bonchev–Trinajstić information content (AvgIpc) is 2.47. The summed E-state index contributed by atoms with van der Waals surface area (Å²) in [7, 11) is 1.47. The number of carbonyl (C=O) groups is 2.